The van der Waals surface area contributed by atoms with Crippen molar-refractivity contribution >= 4 is 21.4 Å². The maximum atomic E-state index is 8.53. The monoisotopic (exact) mass is 244 g/mol. The van der Waals surface area contributed by atoms with Crippen LogP contribution in [0.4, 0.5) is 0 Å². The van der Waals surface area contributed by atoms with E-state index >= 15 is 0 Å². The Balaban J connectivity index is 1.97. The van der Waals surface area contributed by atoms with Gasteiger partial charge in [-0.25, -0.2) is 0 Å². The van der Waals surface area contributed by atoms with Crippen LogP contribution in [0.5, 0.6) is 0 Å². The Morgan fingerprint density at radius 1 is 1.29 bits per heavy atom. The molecule has 0 atom stereocenters. The number of hydrogen-bond donors (Lipinski definition) is 0. The van der Waals surface area contributed by atoms with Crippen LogP contribution < -0.4 is 0 Å². The minimum Gasteiger partial charge on any atom is -0.305 e. The minimum atomic E-state index is 0.612. The van der Waals surface area contributed by atoms with Crippen molar-refractivity contribution in [1.82, 2.24) is 4.90 Å². The topological polar surface area (TPSA) is 27.0 Å². The van der Waals surface area contributed by atoms with Crippen LogP contribution in [0.3, 0.4) is 0 Å². The van der Waals surface area contributed by atoms with Crippen molar-refractivity contribution in [2.75, 3.05) is 20.1 Å². The summed E-state index contributed by atoms with van der Waals surface area (Å²) in [6.45, 7) is 1.88. The van der Waals surface area contributed by atoms with E-state index in [1.807, 2.05) is 11.3 Å². The molecule has 0 amide bonds. The first-order valence-electron chi connectivity index (χ1n) is 5.82. The largest absolute Gasteiger partial charge is 0.305 e. The summed E-state index contributed by atoms with van der Waals surface area (Å²) in [5.74, 6) is 0. The van der Waals surface area contributed by atoms with Gasteiger partial charge in [0.15, 0.2) is 0 Å². The molecule has 2 aromatic rings. The van der Waals surface area contributed by atoms with Gasteiger partial charge in [0.1, 0.15) is 0 Å². The molecular formula is C14H16N2S. The summed E-state index contributed by atoms with van der Waals surface area (Å²) in [5, 5.41) is 12.2. The Kier molecular flexibility index (Phi) is 4.13. The summed E-state index contributed by atoms with van der Waals surface area (Å²) in [5.41, 5.74) is 1.43. The first kappa shape index (κ1) is 12.1. The van der Waals surface area contributed by atoms with Crippen LogP contribution >= 0.6 is 11.3 Å². The highest BCUT2D eigenvalue weighted by molar-refractivity contribution is 7.17. The molecule has 2 rings (SSSR count). The Morgan fingerprint density at radius 3 is 2.94 bits per heavy atom. The van der Waals surface area contributed by atoms with Crippen molar-refractivity contribution in [3.63, 3.8) is 0 Å². The maximum Gasteiger partial charge on any atom is 0.0635 e. The number of fused-ring (bicyclic) bond motifs is 1. The fourth-order valence-corrected chi connectivity index (χ4v) is 2.89. The summed E-state index contributed by atoms with van der Waals surface area (Å²) in [4.78, 5) is 2.22. The van der Waals surface area contributed by atoms with Gasteiger partial charge < -0.3 is 4.90 Å². The second-order valence-corrected chi connectivity index (χ2v) is 5.13. The summed E-state index contributed by atoms with van der Waals surface area (Å²) in [7, 11) is 2.08. The van der Waals surface area contributed by atoms with E-state index in [0.717, 1.165) is 19.5 Å². The Labute approximate surface area is 106 Å². The number of nitriles is 1. The Morgan fingerprint density at radius 2 is 2.12 bits per heavy atom. The average Bonchev–Trinajstić information content (AvgIpc) is 2.77. The van der Waals surface area contributed by atoms with Crippen LogP contribution in [0.25, 0.3) is 10.1 Å². The maximum absolute atomic E-state index is 8.53. The molecule has 0 spiro atoms. The van der Waals surface area contributed by atoms with Crippen LogP contribution in [0.2, 0.25) is 0 Å². The second-order valence-electron chi connectivity index (χ2n) is 4.22. The molecule has 0 saturated heterocycles. The Bertz CT molecular complexity index is 524. The van der Waals surface area contributed by atoms with Gasteiger partial charge in [0.25, 0.3) is 0 Å². The molecule has 0 aliphatic carbocycles. The molecule has 3 heteroatoms. The SMILES string of the molecule is CN(CCC#N)CCc1csc2ccccc12. The smallest absolute Gasteiger partial charge is 0.0635 e. The van der Waals surface area contributed by atoms with Crippen molar-refractivity contribution in [2.45, 2.75) is 12.8 Å². The molecule has 88 valence electrons. The molecule has 0 aliphatic rings. The van der Waals surface area contributed by atoms with E-state index in [0.29, 0.717) is 6.42 Å². The number of rotatable bonds is 5. The van der Waals surface area contributed by atoms with Gasteiger partial charge in [-0.1, -0.05) is 18.2 Å². The molecule has 1 aromatic carbocycles. The lowest BCUT2D eigenvalue weighted by Gasteiger charge is -2.13. The third-order valence-corrected chi connectivity index (χ3v) is 3.94. The molecular weight excluding hydrogens is 228 g/mol. The fraction of sp³-hybridized carbons (Fsp3) is 0.357. The van der Waals surface area contributed by atoms with Crippen LogP contribution in [-0.2, 0) is 6.42 Å². The first-order valence-corrected chi connectivity index (χ1v) is 6.70. The number of nitrogens with zero attached hydrogens (tertiary/aromatic N) is 2. The lowest BCUT2D eigenvalue weighted by molar-refractivity contribution is 0.347. The van der Waals surface area contributed by atoms with E-state index in [1.165, 1.54) is 15.6 Å². The summed E-state index contributed by atoms with van der Waals surface area (Å²) in [6.07, 6.45) is 1.67. The zero-order valence-corrected chi connectivity index (χ0v) is 10.8. The summed E-state index contributed by atoms with van der Waals surface area (Å²) in [6, 6.07) is 10.7. The normalized spacial score (nSPS) is 10.9. The third-order valence-electron chi connectivity index (χ3n) is 2.93. The highest BCUT2D eigenvalue weighted by atomic mass is 32.1. The second kappa shape index (κ2) is 5.81. The fourth-order valence-electron chi connectivity index (χ4n) is 1.89. The molecule has 0 aliphatic heterocycles. The van der Waals surface area contributed by atoms with Crippen molar-refractivity contribution < 1.29 is 0 Å². The molecule has 0 radical (unpaired) electrons. The zero-order chi connectivity index (χ0) is 12.1. The summed E-state index contributed by atoms with van der Waals surface area (Å²) < 4.78 is 1.36. The van der Waals surface area contributed by atoms with Crippen LogP contribution in [-0.4, -0.2) is 25.0 Å². The van der Waals surface area contributed by atoms with Crippen LogP contribution in [0.15, 0.2) is 29.6 Å². The highest BCUT2D eigenvalue weighted by Gasteiger charge is 2.04. The number of hydrogen-bond acceptors (Lipinski definition) is 3. The molecule has 1 heterocycles. The summed E-state index contributed by atoms with van der Waals surface area (Å²) >= 11 is 1.81. The predicted molar refractivity (Wildman–Crippen MR) is 73.3 cm³/mol. The van der Waals surface area contributed by atoms with Gasteiger partial charge in [-0.05, 0) is 35.9 Å². The lowest BCUT2D eigenvalue weighted by atomic mass is 10.1. The molecule has 2 nitrogen and oxygen atoms in total. The van der Waals surface area contributed by atoms with Gasteiger partial charge in [0.2, 0.25) is 0 Å². The van der Waals surface area contributed by atoms with Gasteiger partial charge in [-0.2, -0.15) is 5.26 Å². The number of likely N-dealkylation sites (N-methyl/N-ethyl adjacent to an activating group) is 1. The van der Waals surface area contributed by atoms with Crippen LogP contribution in [0.1, 0.15) is 12.0 Å². The zero-order valence-electron chi connectivity index (χ0n) is 10.0. The van der Waals surface area contributed by atoms with E-state index in [1.54, 1.807) is 0 Å². The lowest BCUT2D eigenvalue weighted by Crippen LogP contribution is -2.22. The van der Waals surface area contributed by atoms with E-state index in [4.69, 9.17) is 5.26 Å². The predicted octanol–water partition coefficient (Wildman–Crippen LogP) is 3.29. The van der Waals surface area contributed by atoms with Gasteiger partial charge in [0, 0.05) is 24.2 Å². The van der Waals surface area contributed by atoms with Gasteiger partial charge in [-0.3, -0.25) is 0 Å². The molecule has 0 fully saturated rings. The van der Waals surface area contributed by atoms with Crippen molar-refractivity contribution in [2.24, 2.45) is 0 Å². The van der Waals surface area contributed by atoms with E-state index in [9.17, 15) is 0 Å². The number of benzene rings is 1. The quantitative estimate of drug-likeness (QED) is 0.807. The molecule has 0 bridgehead atoms. The minimum absolute atomic E-state index is 0.612. The van der Waals surface area contributed by atoms with Crippen molar-refractivity contribution in [3.05, 3.63) is 35.2 Å². The third kappa shape index (κ3) is 3.06. The molecule has 0 saturated carbocycles. The molecule has 17 heavy (non-hydrogen) atoms. The van der Waals surface area contributed by atoms with Gasteiger partial charge >= 0.3 is 0 Å². The molecule has 0 N–H and O–H groups in total. The van der Waals surface area contributed by atoms with Crippen molar-refractivity contribution in [3.8, 4) is 6.07 Å². The Hall–Kier alpha value is -1.37. The number of thiophene rings is 1. The van der Waals surface area contributed by atoms with E-state index in [2.05, 4.69) is 47.7 Å². The van der Waals surface area contributed by atoms with E-state index in [-0.39, 0.29) is 0 Å². The highest BCUT2D eigenvalue weighted by Crippen LogP contribution is 2.25. The molecule has 0 unspecified atom stereocenters. The standard InChI is InChI=1S/C14H16N2S/c1-16(9-4-8-15)10-7-12-11-17-14-6-3-2-5-13(12)14/h2-3,5-6,11H,4,7,9-10H2,1H3. The van der Waals surface area contributed by atoms with Crippen LogP contribution in [0, 0.1) is 11.3 Å². The van der Waals surface area contributed by atoms with Gasteiger partial charge in [0.05, 0.1) is 6.07 Å². The first-order chi connectivity index (χ1) is 8.31. The van der Waals surface area contributed by atoms with Gasteiger partial charge in [-0.15, -0.1) is 11.3 Å². The van der Waals surface area contributed by atoms with Crippen molar-refractivity contribution in [1.29, 1.82) is 5.26 Å². The molecule has 1 aromatic heterocycles. The van der Waals surface area contributed by atoms with E-state index < -0.39 is 0 Å². The average molecular weight is 244 g/mol.